The number of hydrogen-bond acceptors (Lipinski definition) is 7. The normalized spacial score (nSPS) is 14.1. The molecule has 0 N–H and O–H groups in total. The second-order valence-electron chi connectivity index (χ2n) is 6.44. The molecule has 9 heteroatoms. The number of aromatic nitrogens is 6. The lowest BCUT2D eigenvalue weighted by Gasteiger charge is -2.08. The molecule has 3 aromatic heterocycles. The Labute approximate surface area is 163 Å². The standard InChI is InChI=1S/C18H16N6OS2/c25-17-14-5-1-2-6-15(14)19-22-23(17)11-27-18-21-20-16(24(18)12-7-8-12)10-13-4-3-9-26-13/h1-6,9,12H,7-8,10-11H2. The highest BCUT2D eigenvalue weighted by atomic mass is 32.2. The summed E-state index contributed by atoms with van der Waals surface area (Å²) in [5.74, 6) is 1.35. The predicted molar refractivity (Wildman–Crippen MR) is 105 cm³/mol. The third-order valence-corrected chi connectivity index (χ3v) is 6.29. The summed E-state index contributed by atoms with van der Waals surface area (Å²) in [6.07, 6.45) is 3.09. The van der Waals surface area contributed by atoms with Crippen molar-refractivity contribution in [3.8, 4) is 0 Å². The Balaban J connectivity index is 1.41. The first-order valence-electron chi connectivity index (χ1n) is 8.71. The van der Waals surface area contributed by atoms with Gasteiger partial charge < -0.3 is 4.57 Å². The zero-order chi connectivity index (χ0) is 18.2. The van der Waals surface area contributed by atoms with E-state index in [1.54, 1.807) is 23.5 Å². The average molecular weight is 397 g/mol. The number of thiophene rings is 1. The number of rotatable bonds is 6. The molecule has 4 aromatic rings. The molecule has 0 amide bonds. The van der Waals surface area contributed by atoms with Gasteiger partial charge in [0.1, 0.15) is 11.3 Å². The van der Waals surface area contributed by atoms with Gasteiger partial charge in [-0.05, 0) is 36.4 Å². The SMILES string of the molecule is O=c1c2ccccc2nnn1CSc1nnc(Cc2cccs2)n1C1CC1. The largest absolute Gasteiger partial charge is 0.303 e. The lowest BCUT2D eigenvalue weighted by Crippen LogP contribution is -2.23. The summed E-state index contributed by atoms with van der Waals surface area (Å²) < 4.78 is 3.61. The first kappa shape index (κ1) is 16.6. The van der Waals surface area contributed by atoms with Crippen molar-refractivity contribution in [2.24, 2.45) is 0 Å². The van der Waals surface area contributed by atoms with Crippen LogP contribution in [0.25, 0.3) is 10.9 Å². The Kier molecular flexibility index (Phi) is 4.25. The van der Waals surface area contributed by atoms with Crippen LogP contribution in [0.3, 0.4) is 0 Å². The van der Waals surface area contributed by atoms with Crippen LogP contribution in [-0.2, 0) is 12.3 Å². The molecule has 0 atom stereocenters. The molecule has 0 aliphatic heterocycles. The van der Waals surface area contributed by atoms with Crippen molar-refractivity contribution in [1.29, 1.82) is 0 Å². The quantitative estimate of drug-likeness (QED) is 0.466. The molecule has 1 aliphatic rings. The monoisotopic (exact) mass is 396 g/mol. The summed E-state index contributed by atoms with van der Waals surface area (Å²) in [5.41, 5.74) is 0.479. The van der Waals surface area contributed by atoms with Crippen molar-refractivity contribution < 1.29 is 0 Å². The van der Waals surface area contributed by atoms with Gasteiger partial charge >= 0.3 is 0 Å². The fourth-order valence-corrected chi connectivity index (χ4v) is 4.62. The summed E-state index contributed by atoms with van der Waals surface area (Å²) in [6, 6.07) is 11.9. The van der Waals surface area contributed by atoms with Gasteiger partial charge in [0, 0.05) is 17.3 Å². The van der Waals surface area contributed by atoms with E-state index < -0.39 is 0 Å². The van der Waals surface area contributed by atoms with Crippen molar-refractivity contribution >= 4 is 34.0 Å². The smallest absolute Gasteiger partial charge is 0.278 e. The molecule has 1 aliphatic carbocycles. The fraction of sp³-hybridized carbons (Fsp3) is 0.278. The minimum absolute atomic E-state index is 0.135. The highest BCUT2D eigenvalue weighted by Crippen LogP contribution is 2.39. The van der Waals surface area contributed by atoms with E-state index in [4.69, 9.17) is 0 Å². The molecule has 1 aromatic carbocycles. The summed E-state index contributed by atoms with van der Waals surface area (Å²) in [6.45, 7) is 0. The van der Waals surface area contributed by atoms with Gasteiger partial charge in [-0.15, -0.1) is 26.6 Å². The van der Waals surface area contributed by atoms with Gasteiger partial charge in [0.25, 0.3) is 5.56 Å². The molecule has 136 valence electrons. The van der Waals surface area contributed by atoms with Gasteiger partial charge in [0.05, 0.1) is 11.3 Å². The number of fused-ring (bicyclic) bond motifs is 1. The molecule has 0 radical (unpaired) electrons. The van der Waals surface area contributed by atoms with Crippen LogP contribution in [-0.4, -0.2) is 29.8 Å². The molecular weight excluding hydrogens is 380 g/mol. The van der Waals surface area contributed by atoms with E-state index in [-0.39, 0.29) is 5.56 Å². The Hall–Kier alpha value is -2.52. The average Bonchev–Trinajstić information content (AvgIpc) is 3.24. The second-order valence-corrected chi connectivity index (χ2v) is 8.39. The lowest BCUT2D eigenvalue weighted by atomic mass is 10.2. The van der Waals surface area contributed by atoms with Gasteiger partial charge in [0.15, 0.2) is 5.16 Å². The van der Waals surface area contributed by atoms with Gasteiger partial charge in [0.2, 0.25) is 0 Å². The van der Waals surface area contributed by atoms with Crippen molar-refractivity contribution in [3.63, 3.8) is 0 Å². The van der Waals surface area contributed by atoms with E-state index in [1.165, 1.54) is 21.3 Å². The Morgan fingerprint density at radius 1 is 1.11 bits per heavy atom. The number of hydrogen-bond donors (Lipinski definition) is 0. The third kappa shape index (κ3) is 3.28. The second kappa shape index (κ2) is 6.90. The van der Waals surface area contributed by atoms with E-state index in [2.05, 4.69) is 42.6 Å². The number of nitrogens with zero attached hydrogens (tertiary/aromatic N) is 6. The van der Waals surface area contributed by atoms with Crippen LogP contribution in [0.1, 0.15) is 29.6 Å². The van der Waals surface area contributed by atoms with Gasteiger partial charge in [-0.2, -0.15) is 4.68 Å². The van der Waals surface area contributed by atoms with Gasteiger partial charge in [-0.3, -0.25) is 4.79 Å². The molecule has 0 bridgehead atoms. The summed E-state index contributed by atoms with van der Waals surface area (Å²) in [4.78, 5) is 13.9. The van der Waals surface area contributed by atoms with Crippen LogP contribution in [0.5, 0.6) is 0 Å². The molecule has 0 saturated heterocycles. The van der Waals surface area contributed by atoms with Crippen LogP contribution in [0.2, 0.25) is 0 Å². The predicted octanol–water partition coefficient (Wildman–Crippen LogP) is 3.12. The topological polar surface area (TPSA) is 78.5 Å². The zero-order valence-corrected chi connectivity index (χ0v) is 16.0. The number of benzene rings is 1. The molecule has 7 nitrogen and oxygen atoms in total. The molecule has 1 fully saturated rings. The molecule has 0 spiro atoms. The van der Waals surface area contributed by atoms with Crippen molar-refractivity contribution in [2.45, 2.75) is 36.3 Å². The van der Waals surface area contributed by atoms with Crippen molar-refractivity contribution in [2.75, 3.05) is 0 Å². The van der Waals surface area contributed by atoms with E-state index in [9.17, 15) is 4.79 Å². The maximum absolute atomic E-state index is 12.6. The maximum Gasteiger partial charge on any atom is 0.278 e. The summed E-state index contributed by atoms with van der Waals surface area (Å²) in [5, 5.41) is 20.5. The van der Waals surface area contributed by atoms with E-state index in [0.29, 0.717) is 22.8 Å². The van der Waals surface area contributed by atoms with Crippen LogP contribution in [0.15, 0.2) is 51.7 Å². The van der Waals surface area contributed by atoms with Crippen molar-refractivity contribution in [3.05, 3.63) is 62.8 Å². The van der Waals surface area contributed by atoms with Crippen molar-refractivity contribution in [1.82, 2.24) is 29.8 Å². The van der Waals surface area contributed by atoms with E-state index >= 15 is 0 Å². The third-order valence-electron chi connectivity index (χ3n) is 4.50. The Morgan fingerprint density at radius 2 is 2.00 bits per heavy atom. The molecule has 3 heterocycles. The van der Waals surface area contributed by atoms with Gasteiger partial charge in [-0.25, -0.2) is 0 Å². The van der Waals surface area contributed by atoms with E-state index in [1.807, 2.05) is 12.1 Å². The first-order chi connectivity index (χ1) is 13.3. The van der Waals surface area contributed by atoms with Crippen LogP contribution in [0.4, 0.5) is 0 Å². The molecular formula is C18H16N6OS2. The zero-order valence-electron chi connectivity index (χ0n) is 14.4. The van der Waals surface area contributed by atoms with Gasteiger partial charge in [-0.1, -0.05) is 35.2 Å². The number of thioether (sulfide) groups is 1. The highest BCUT2D eigenvalue weighted by molar-refractivity contribution is 7.98. The van der Waals surface area contributed by atoms with Crippen LogP contribution in [0, 0.1) is 0 Å². The Morgan fingerprint density at radius 3 is 2.81 bits per heavy atom. The molecule has 0 unspecified atom stereocenters. The van der Waals surface area contributed by atoms with E-state index in [0.717, 1.165) is 30.2 Å². The molecule has 27 heavy (non-hydrogen) atoms. The van der Waals surface area contributed by atoms with Crippen LogP contribution < -0.4 is 5.56 Å². The van der Waals surface area contributed by atoms with Crippen LogP contribution >= 0.6 is 23.1 Å². The summed E-state index contributed by atoms with van der Waals surface area (Å²) >= 11 is 3.21. The minimum atomic E-state index is -0.135. The summed E-state index contributed by atoms with van der Waals surface area (Å²) in [7, 11) is 0. The fourth-order valence-electron chi connectivity index (χ4n) is 3.02. The lowest BCUT2D eigenvalue weighted by molar-refractivity contribution is 0.621. The Bertz CT molecular complexity index is 1150. The molecule has 1 saturated carbocycles. The minimum Gasteiger partial charge on any atom is -0.303 e. The maximum atomic E-state index is 12.6. The molecule has 5 rings (SSSR count). The highest BCUT2D eigenvalue weighted by Gasteiger charge is 2.29. The first-order valence-corrected chi connectivity index (χ1v) is 10.6.